The number of nitrogens with two attached hydrogens (primary N) is 1. The van der Waals surface area contributed by atoms with Gasteiger partial charge in [0.1, 0.15) is 0 Å². The van der Waals surface area contributed by atoms with E-state index in [0.29, 0.717) is 27.2 Å². The summed E-state index contributed by atoms with van der Waals surface area (Å²) in [6.07, 6.45) is 1.46. The van der Waals surface area contributed by atoms with Crippen molar-refractivity contribution in [3.8, 4) is 17.3 Å². The van der Waals surface area contributed by atoms with Crippen LogP contribution < -0.4 is 20.6 Å². The smallest absolute Gasteiger partial charge is 0.293 e. The van der Waals surface area contributed by atoms with Crippen LogP contribution in [0.4, 0.5) is 5.82 Å². The van der Waals surface area contributed by atoms with Gasteiger partial charge in [0.25, 0.3) is 5.91 Å². The van der Waals surface area contributed by atoms with Crippen molar-refractivity contribution < 1.29 is 18.9 Å². The second-order valence-corrected chi connectivity index (χ2v) is 7.15. The standard InChI is InChI=1S/C17H19BrN8O4/c1-8(2)14-13(21-25-26(14)16-15(19)23-30-24-16)17(27)22-20-7-9-5-11(28-3)12(29-4)6-10(9)18/h5-8H,1-4H3,(H2,19,23)(H,22,27)/b20-7+. The number of nitrogens with one attached hydrogen (secondary N) is 1. The average Bonchev–Trinajstić information content (AvgIpc) is 3.34. The Morgan fingerprint density at radius 1 is 1.30 bits per heavy atom. The highest BCUT2D eigenvalue weighted by Crippen LogP contribution is 2.32. The number of anilines is 1. The summed E-state index contributed by atoms with van der Waals surface area (Å²) < 4.78 is 17.1. The molecule has 3 rings (SSSR count). The molecule has 12 nitrogen and oxygen atoms in total. The van der Waals surface area contributed by atoms with E-state index in [9.17, 15) is 4.79 Å². The number of nitrogen functional groups attached to an aromatic ring is 1. The molecule has 0 aliphatic heterocycles. The lowest BCUT2D eigenvalue weighted by atomic mass is 10.1. The molecule has 1 aromatic carbocycles. The van der Waals surface area contributed by atoms with E-state index in [0.717, 1.165) is 0 Å². The molecule has 0 bridgehead atoms. The van der Waals surface area contributed by atoms with Crippen molar-refractivity contribution in [1.29, 1.82) is 0 Å². The molecule has 30 heavy (non-hydrogen) atoms. The molecule has 3 aromatic rings. The Balaban J connectivity index is 1.84. The molecule has 3 N–H and O–H groups in total. The lowest BCUT2D eigenvalue weighted by molar-refractivity contribution is 0.0948. The first kappa shape index (κ1) is 21.2. The molecule has 0 atom stereocenters. The first-order chi connectivity index (χ1) is 14.4. The van der Waals surface area contributed by atoms with Gasteiger partial charge >= 0.3 is 0 Å². The number of carbonyl (C=O) groups is 1. The second-order valence-electron chi connectivity index (χ2n) is 6.29. The van der Waals surface area contributed by atoms with Gasteiger partial charge in [-0.2, -0.15) is 9.78 Å². The highest BCUT2D eigenvalue weighted by Gasteiger charge is 2.25. The third-order valence-electron chi connectivity index (χ3n) is 4.04. The van der Waals surface area contributed by atoms with Gasteiger partial charge in [0.05, 0.1) is 26.1 Å². The molecule has 0 unspecified atom stereocenters. The number of aromatic nitrogens is 5. The van der Waals surface area contributed by atoms with Gasteiger partial charge < -0.3 is 15.2 Å². The van der Waals surface area contributed by atoms with E-state index < -0.39 is 5.91 Å². The van der Waals surface area contributed by atoms with Crippen molar-refractivity contribution in [3.63, 3.8) is 0 Å². The van der Waals surface area contributed by atoms with Gasteiger partial charge in [0, 0.05) is 10.0 Å². The predicted molar refractivity (Wildman–Crippen MR) is 110 cm³/mol. The highest BCUT2D eigenvalue weighted by atomic mass is 79.9. The molecule has 0 saturated heterocycles. The van der Waals surface area contributed by atoms with Crippen LogP contribution in [0.25, 0.3) is 5.82 Å². The molecule has 2 aromatic heterocycles. The van der Waals surface area contributed by atoms with E-state index in [1.807, 2.05) is 13.8 Å². The van der Waals surface area contributed by atoms with Crippen LogP contribution in [0, 0.1) is 0 Å². The molecule has 0 radical (unpaired) electrons. The van der Waals surface area contributed by atoms with E-state index in [1.165, 1.54) is 18.0 Å². The van der Waals surface area contributed by atoms with Gasteiger partial charge in [-0.15, -0.1) is 5.10 Å². The van der Waals surface area contributed by atoms with Crippen molar-refractivity contribution in [2.45, 2.75) is 19.8 Å². The molecule has 0 aliphatic rings. The number of rotatable bonds is 7. The van der Waals surface area contributed by atoms with Crippen LogP contribution in [-0.2, 0) is 0 Å². The molecule has 0 fully saturated rings. The maximum absolute atomic E-state index is 12.6. The van der Waals surface area contributed by atoms with Crippen LogP contribution in [0.3, 0.4) is 0 Å². The number of carbonyl (C=O) groups excluding carboxylic acids is 1. The number of ether oxygens (including phenoxy) is 2. The van der Waals surface area contributed by atoms with Crippen LogP contribution in [0.1, 0.15) is 41.5 Å². The normalized spacial score (nSPS) is 11.3. The molecule has 13 heteroatoms. The summed E-state index contributed by atoms with van der Waals surface area (Å²) in [5.41, 5.74) is 9.40. The number of amides is 1. The fraction of sp³-hybridized carbons (Fsp3) is 0.294. The van der Waals surface area contributed by atoms with Gasteiger partial charge in [0.15, 0.2) is 17.2 Å². The molecule has 0 saturated carbocycles. The average molecular weight is 479 g/mol. The minimum atomic E-state index is -0.548. The Hall–Kier alpha value is -3.48. The zero-order valence-corrected chi connectivity index (χ0v) is 18.2. The van der Waals surface area contributed by atoms with E-state index in [4.69, 9.17) is 15.2 Å². The lowest BCUT2D eigenvalue weighted by Crippen LogP contribution is -2.21. The third-order valence-corrected chi connectivity index (χ3v) is 4.72. The van der Waals surface area contributed by atoms with E-state index in [1.54, 1.807) is 19.2 Å². The summed E-state index contributed by atoms with van der Waals surface area (Å²) in [5, 5.41) is 19.1. The lowest BCUT2D eigenvalue weighted by Gasteiger charge is -2.09. The van der Waals surface area contributed by atoms with Crippen molar-refractivity contribution in [2.75, 3.05) is 20.0 Å². The summed E-state index contributed by atoms with van der Waals surface area (Å²) in [7, 11) is 3.07. The Morgan fingerprint density at radius 3 is 2.60 bits per heavy atom. The minimum Gasteiger partial charge on any atom is -0.493 e. The molecule has 2 heterocycles. The van der Waals surface area contributed by atoms with Gasteiger partial charge in [-0.1, -0.05) is 19.1 Å². The first-order valence-corrected chi connectivity index (χ1v) is 9.45. The van der Waals surface area contributed by atoms with Gasteiger partial charge in [-0.3, -0.25) is 4.79 Å². The molecular formula is C17H19BrN8O4. The zero-order chi connectivity index (χ0) is 21.8. The van der Waals surface area contributed by atoms with Crippen molar-refractivity contribution >= 4 is 33.9 Å². The number of methoxy groups -OCH3 is 2. The number of nitrogens with zero attached hydrogens (tertiary/aromatic N) is 6. The fourth-order valence-corrected chi connectivity index (χ4v) is 3.07. The van der Waals surface area contributed by atoms with Crippen LogP contribution in [-0.4, -0.2) is 51.6 Å². The van der Waals surface area contributed by atoms with Gasteiger partial charge in [0.2, 0.25) is 11.6 Å². The van der Waals surface area contributed by atoms with Crippen LogP contribution in [0.5, 0.6) is 11.5 Å². The molecule has 1 amide bonds. The Kier molecular flexibility index (Phi) is 6.30. The number of hydrogen-bond acceptors (Lipinski definition) is 10. The number of benzene rings is 1. The van der Waals surface area contributed by atoms with E-state index >= 15 is 0 Å². The monoisotopic (exact) mass is 478 g/mol. The summed E-state index contributed by atoms with van der Waals surface area (Å²) in [6.45, 7) is 3.75. The Morgan fingerprint density at radius 2 is 2.00 bits per heavy atom. The topological polar surface area (TPSA) is 156 Å². The zero-order valence-electron chi connectivity index (χ0n) is 16.6. The molecule has 158 valence electrons. The SMILES string of the molecule is COc1cc(Br)c(/C=N/NC(=O)c2nnn(-c3nonc3N)c2C(C)C)cc1OC. The molecule has 0 aliphatic carbocycles. The van der Waals surface area contributed by atoms with Crippen molar-refractivity contribution in [1.82, 2.24) is 30.7 Å². The maximum atomic E-state index is 12.6. The van der Waals surface area contributed by atoms with Crippen molar-refractivity contribution in [2.24, 2.45) is 5.10 Å². The number of halogens is 1. The summed E-state index contributed by atoms with van der Waals surface area (Å²) in [5.74, 6) is 0.601. The van der Waals surface area contributed by atoms with E-state index in [2.05, 4.69) is 51.7 Å². The number of hydrogen-bond donors (Lipinski definition) is 2. The van der Waals surface area contributed by atoms with Crippen molar-refractivity contribution in [3.05, 3.63) is 33.6 Å². The summed E-state index contributed by atoms with van der Waals surface area (Å²) >= 11 is 3.43. The van der Waals surface area contributed by atoms with Gasteiger partial charge in [-0.05, 0) is 44.3 Å². The fourth-order valence-electron chi connectivity index (χ4n) is 2.65. The minimum absolute atomic E-state index is 0.0325. The molecular weight excluding hydrogens is 460 g/mol. The quantitative estimate of drug-likeness (QED) is 0.382. The van der Waals surface area contributed by atoms with Crippen LogP contribution >= 0.6 is 15.9 Å². The Bertz CT molecular complexity index is 1090. The van der Waals surface area contributed by atoms with E-state index in [-0.39, 0.29) is 23.2 Å². The summed E-state index contributed by atoms with van der Waals surface area (Å²) in [4.78, 5) is 12.6. The predicted octanol–water partition coefficient (Wildman–Crippen LogP) is 1.90. The molecule has 0 spiro atoms. The summed E-state index contributed by atoms with van der Waals surface area (Å²) in [6, 6.07) is 3.45. The largest absolute Gasteiger partial charge is 0.493 e. The maximum Gasteiger partial charge on any atom is 0.293 e. The second kappa shape index (κ2) is 8.90. The third kappa shape index (κ3) is 4.10. The Labute approximate surface area is 179 Å². The highest BCUT2D eigenvalue weighted by molar-refractivity contribution is 9.10. The van der Waals surface area contributed by atoms with Gasteiger partial charge in [-0.25, -0.2) is 10.1 Å². The van der Waals surface area contributed by atoms with Crippen LogP contribution in [0.15, 0.2) is 26.3 Å². The number of hydrazone groups is 1. The van der Waals surface area contributed by atoms with Crippen LogP contribution in [0.2, 0.25) is 0 Å². The first-order valence-electron chi connectivity index (χ1n) is 8.66.